The van der Waals surface area contributed by atoms with E-state index >= 15 is 0 Å². The van der Waals surface area contributed by atoms with Gasteiger partial charge in [-0.15, -0.1) is 4.91 Å². The fourth-order valence-electron chi connectivity index (χ4n) is 1.61. The fourth-order valence-corrected chi connectivity index (χ4v) is 1.61. The highest BCUT2D eigenvalue weighted by Gasteiger charge is 2.12. The quantitative estimate of drug-likeness (QED) is 0.800. The lowest BCUT2D eigenvalue weighted by atomic mass is 10.1. The number of nitroso groups, excluding NO2 is 1. The van der Waals surface area contributed by atoms with Crippen LogP contribution in [-0.4, -0.2) is 15.1 Å². The molecule has 0 atom stereocenters. The Kier molecular flexibility index (Phi) is 3.47. The molecule has 3 N–H and O–H groups in total. The first kappa shape index (κ1) is 12.0. The third-order valence-corrected chi connectivity index (χ3v) is 2.51. The molecule has 0 fully saturated rings. The maximum Gasteiger partial charge on any atom is 0.246 e. The van der Waals surface area contributed by atoms with Crippen molar-refractivity contribution < 1.29 is 5.11 Å². The number of benzene rings is 1. The van der Waals surface area contributed by atoms with Gasteiger partial charge in [-0.05, 0) is 17.2 Å². The van der Waals surface area contributed by atoms with Gasteiger partial charge in [0.2, 0.25) is 11.6 Å². The van der Waals surface area contributed by atoms with E-state index in [1.807, 2.05) is 30.3 Å². The summed E-state index contributed by atoms with van der Waals surface area (Å²) < 4.78 is 0. The van der Waals surface area contributed by atoms with Crippen LogP contribution < -0.4 is 5.73 Å². The summed E-state index contributed by atoms with van der Waals surface area (Å²) in [5.74, 6) is -0.178. The smallest absolute Gasteiger partial charge is 0.246 e. The summed E-state index contributed by atoms with van der Waals surface area (Å²) in [7, 11) is 0. The van der Waals surface area contributed by atoms with Crippen molar-refractivity contribution in [1.82, 2.24) is 9.97 Å². The predicted molar refractivity (Wildman–Crippen MR) is 67.4 cm³/mol. The summed E-state index contributed by atoms with van der Waals surface area (Å²) in [6.45, 7) is 0. The first-order valence-electron chi connectivity index (χ1n) is 5.43. The third kappa shape index (κ3) is 2.60. The Hall–Kier alpha value is -2.50. The minimum atomic E-state index is -0.472. The highest BCUT2D eigenvalue weighted by atomic mass is 16.3. The van der Waals surface area contributed by atoms with E-state index in [0.717, 1.165) is 12.0 Å². The molecule has 0 saturated carbocycles. The van der Waals surface area contributed by atoms with E-state index in [0.29, 0.717) is 12.2 Å². The lowest BCUT2D eigenvalue weighted by Crippen LogP contribution is -2.02. The minimum absolute atomic E-state index is 0.0967. The molecule has 0 unspecified atom stereocenters. The van der Waals surface area contributed by atoms with Crippen molar-refractivity contribution in [2.75, 3.05) is 5.73 Å². The van der Waals surface area contributed by atoms with Crippen LogP contribution in [0.5, 0.6) is 5.88 Å². The molecule has 6 heteroatoms. The summed E-state index contributed by atoms with van der Waals surface area (Å²) in [4.78, 5) is 18.1. The minimum Gasteiger partial charge on any atom is -0.492 e. The zero-order valence-electron chi connectivity index (χ0n) is 9.58. The topological polar surface area (TPSA) is 101 Å². The van der Waals surface area contributed by atoms with Crippen LogP contribution in [-0.2, 0) is 12.8 Å². The highest BCUT2D eigenvalue weighted by molar-refractivity contribution is 5.62. The average molecular weight is 244 g/mol. The van der Waals surface area contributed by atoms with Gasteiger partial charge >= 0.3 is 0 Å². The molecule has 0 aliphatic heterocycles. The number of anilines is 1. The second kappa shape index (κ2) is 5.22. The number of nitrogens with two attached hydrogens (primary N) is 1. The van der Waals surface area contributed by atoms with Gasteiger partial charge in [0, 0.05) is 6.42 Å². The van der Waals surface area contributed by atoms with Gasteiger partial charge in [0.05, 0.1) is 0 Å². The van der Waals surface area contributed by atoms with E-state index in [2.05, 4.69) is 15.1 Å². The molecule has 0 bridgehead atoms. The predicted octanol–water partition coefficient (Wildman–Crippen LogP) is 1.95. The Morgan fingerprint density at radius 1 is 1.17 bits per heavy atom. The second-order valence-corrected chi connectivity index (χ2v) is 3.77. The van der Waals surface area contributed by atoms with Gasteiger partial charge in [-0.2, -0.15) is 4.98 Å². The summed E-state index contributed by atoms with van der Waals surface area (Å²) in [5, 5.41) is 12.0. The monoisotopic (exact) mass is 244 g/mol. The molecule has 0 radical (unpaired) electrons. The van der Waals surface area contributed by atoms with Crippen molar-refractivity contribution in [3.63, 3.8) is 0 Å². The summed E-state index contributed by atoms with van der Waals surface area (Å²) >= 11 is 0. The summed E-state index contributed by atoms with van der Waals surface area (Å²) in [6, 6.07) is 9.81. The number of aryl methyl sites for hydroxylation is 2. The van der Waals surface area contributed by atoms with E-state index in [4.69, 9.17) is 5.73 Å². The summed E-state index contributed by atoms with van der Waals surface area (Å²) in [5.41, 5.74) is 6.33. The molecule has 2 rings (SSSR count). The van der Waals surface area contributed by atoms with Crippen LogP contribution in [0.3, 0.4) is 0 Å². The molecule has 0 spiro atoms. The second-order valence-electron chi connectivity index (χ2n) is 3.77. The van der Waals surface area contributed by atoms with Crippen LogP contribution in [0.1, 0.15) is 11.4 Å². The maximum absolute atomic E-state index is 10.4. The first-order valence-corrected chi connectivity index (χ1v) is 5.43. The van der Waals surface area contributed by atoms with Crippen LogP contribution in [0, 0.1) is 4.91 Å². The number of nitrogen functional groups attached to an aromatic ring is 1. The van der Waals surface area contributed by atoms with Gasteiger partial charge < -0.3 is 10.8 Å². The van der Waals surface area contributed by atoms with E-state index in [9.17, 15) is 10.0 Å². The van der Waals surface area contributed by atoms with Gasteiger partial charge in [0.1, 0.15) is 5.82 Å². The lowest BCUT2D eigenvalue weighted by molar-refractivity contribution is 0.451. The van der Waals surface area contributed by atoms with Gasteiger partial charge in [0.25, 0.3) is 0 Å². The standard InChI is InChI=1S/C12H12N4O2/c13-11-10(16-18)12(17)15-9(14-11)7-6-8-4-2-1-3-5-8/h1-5H,6-7H2,(H3,13,14,15,17). The first-order chi connectivity index (χ1) is 8.70. The molecular formula is C12H12N4O2. The van der Waals surface area contributed by atoms with Crippen LogP contribution >= 0.6 is 0 Å². The normalized spacial score (nSPS) is 10.2. The van der Waals surface area contributed by atoms with Gasteiger partial charge in [0.15, 0.2) is 5.82 Å². The molecule has 2 aromatic rings. The Balaban J connectivity index is 2.13. The fraction of sp³-hybridized carbons (Fsp3) is 0.167. The number of aromatic hydroxyl groups is 1. The number of nitrogens with zero attached hydrogens (tertiary/aromatic N) is 3. The molecule has 0 amide bonds. The van der Waals surface area contributed by atoms with Crippen molar-refractivity contribution in [3.8, 4) is 5.88 Å². The Labute approximate surface area is 103 Å². The van der Waals surface area contributed by atoms with Crippen LogP contribution in [0.4, 0.5) is 11.5 Å². The van der Waals surface area contributed by atoms with Gasteiger partial charge in [-0.1, -0.05) is 30.3 Å². The van der Waals surface area contributed by atoms with E-state index < -0.39 is 5.88 Å². The summed E-state index contributed by atoms with van der Waals surface area (Å²) in [6.07, 6.45) is 1.26. The Morgan fingerprint density at radius 2 is 1.89 bits per heavy atom. The number of hydrogen-bond donors (Lipinski definition) is 2. The lowest BCUT2D eigenvalue weighted by Gasteiger charge is -2.04. The van der Waals surface area contributed by atoms with Crippen LogP contribution in [0.25, 0.3) is 0 Å². The molecule has 0 aliphatic rings. The van der Waals surface area contributed by atoms with Crippen molar-refractivity contribution in [2.45, 2.75) is 12.8 Å². The van der Waals surface area contributed by atoms with Crippen LogP contribution in [0.15, 0.2) is 35.5 Å². The van der Waals surface area contributed by atoms with E-state index in [-0.39, 0.29) is 11.5 Å². The van der Waals surface area contributed by atoms with Gasteiger partial charge in [-0.25, -0.2) is 4.98 Å². The Morgan fingerprint density at radius 3 is 2.50 bits per heavy atom. The zero-order valence-corrected chi connectivity index (χ0v) is 9.58. The van der Waals surface area contributed by atoms with Crippen LogP contribution in [0.2, 0.25) is 0 Å². The SMILES string of the molecule is Nc1nc(CCc2ccccc2)nc(O)c1N=O. The number of hydrogen-bond acceptors (Lipinski definition) is 6. The van der Waals surface area contributed by atoms with Gasteiger partial charge in [-0.3, -0.25) is 0 Å². The van der Waals surface area contributed by atoms with E-state index in [1.165, 1.54) is 0 Å². The molecule has 0 aliphatic carbocycles. The maximum atomic E-state index is 10.4. The van der Waals surface area contributed by atoms with Crippen molar-refractivity contribution in [3.05, 3.63) is 46.6 Å². The van der Waals surface area contributed by atoms with Crippen molar-refractivity contribution in [2.24, 2.45) is 5.18 Å². The molecule has 0 saturated heterocycles. The van der Waals surface area contributed by atoms with Crippen molar-refractivity contribution in [1.29, 1.82) is 0 Å². The molecule has 92 valence electrons. The molecule has 1 heterocycles. The van der Waals surface area contributed by atoms with E-state index in [1.54, 1.807) is 0 Å². The molecule has 1 aromatic carbocycles. The molecule has 1 aromatic heterocycles. The Bertz CT molecular complexity index is 534. The number of aromatic nitrogens is 2. The zero-order chi connectivity index (χ0) is 13.0. The van der Waals surface area contributed by atoms with Crippen molar-refractivity contribution >= 4 is 11.5 Å². The molecular weight excluding hydrogens is 232 g/mol. The molecule has 6 nitrogen and oxygen atoms in total. The largest absolute Gasteiger partial charge is 0.492 e. The highest BCUT2D eigenvalue weighted by Crippen LogP contribution is 2.28. The average Bonchev–Trinajstić information content (AvgIpc) is 2.37. The molecule has 18 heavy (non-hydrogen) atoms. The third-order valence-electron chi connectivity index (χ3n) is 2.51. The number of rotatable bonds is 4.